The molecule has 20 heavy (non-hydrogen) atoms. The van der Waals surface area contributed by atoms with Gasteiger partial charge in [-0.3, -0.25) is 0 Å². The summed E-state index contributed by atoms with van der Waals surface area (Å²) in [5, 5.41) is 8.32. The van der Waals surface area contributed by atoms with E-state index in [4.69, 9.17) is 4.74 Å². The summed E-state index contributed by atoms with van der Waals surface area (Å²) in [7, 11) is 0. The van der Waals surface area contributed by atoms with E-state index in [1.165, 1.54) is 0 Å². The lowest BCUT2D eigenvalue weighted by Gasteiger charge is -2.34. The van der Waals surface area contributed by atoms with Crippen LogP contribution >= 0.6 is 0 Å². The Morgan fingerprint density at radius 2 is 1.80 bits per heavy atom. The molecule has 1 aromatic heterocycles. The van der Waals surface area contributed by atoms with Crippen LogP contribution in [0.5, 0.6) is 0 Å². The van der Waals surface area contributed by atoms with Crippen molar-refractivity contribution < 1.29 is 4.74 Å². The standard InChI is InChI=1S/C13H22N6O/c1-2-17-3-5-19(6-4-17)13-15-12(11-14-16-13)18-7-9-20-10-8-18/h11H,2-10H2,1H3. The summed E-state index contributed by atoms with van der Waals surface area (Å²) >= 11 is 0. The molecule has 0 unspecified atom stereocenters. The SMILES string of the molecule is CCN1CCN(c2nncc(N3CCOCC3)n2)CC1. The van der Waals surface area contributed by atoms with Crippen molar-refractivity contribution in [2.24, 2.45) is 0 Å². The number of hydrogen-bond donors (Lipinski definition) is 0. The molecule has 2 aliphatic rings. The van der Waals surface area contributed by atoms with Gasteiger partial charge in [-0.2, -0.15) is 10.1 Å². The Balaban J connectivity index is 1.68. The molecule has 0 saturated carbocycles. The van der Waals surface area contributed by atoms with E-state index in [2.05, 4.69) is 36.8 Å². The highest BCUT2D eigenvalue weighted by molar-refractivity contribution is 5.42. The zero-order chi connectivity index (χ0) is 13.8. The number of rotatable bonds is 3. The Kier molecular flexibility index (Phi) is 4.27. The van der Waals surface area contributed by atoms with Gasteiger partial charge < -0.3 is 19.4 Å². The molecule has 1 aromatic rings. The highest BCUT2D eigenvalue weighted by Gasteiger charge is 2.20. The third-order valence-electron chi connectivity index (χ3n) is 3.97. The average Bonchev–Trinajstić information content (AvgIpc) is 2.56. The van der Waals surface area contributed by atoms with E-state index in [1.807, 2.05) is 0 Å². The third-order valence-corrected chi connectivity index (χ3v) is 3.97. The van der Waals surface area contributed by atoms with Crippen molar-refractivity contribution in [3.63, 3.8) is 0 Å². The van der Waals surface area contributed by atoms with Gasteiger partial charge in [-0.25, -0.2) is 0 Å². The lowest BCUT2D eigenvalue weighted by molar-refractivity contribution is 0.122. The van der Waals surface area contributed by atoms with E-state index in [0.717, 1.165) is 70.8 Å². The van der Waals surface area contributed by atoms with E-state index >= 15 is 0 Å². The molecular weight excluding hydrogens is 256 g/mol. The summed E-state index contributed by atoms with van der Waals surface area (Å²) in [6.07, 6.45) is 1.75. The first-order chi connectivity index (χ1) is 9.86. The fraction of sp³-hybridized carbons (Fsp3) is 0.769. The van der Waals surface area contributed by atoms with Crippen LogP contribution in [-0.2, 0) is 4.74 Å². The van der Waals surface area contributed by atoms with Gasteiger partial charge in [0.05, 0.1) is 19.4 Å². The fourth-order valence-corrected chi connectivity index (χ4v) is 2.63. The molecule has 3 rings (SSSR count). The molecule has 0 N–H and O–H groups in total. The van der Waals surface area contributed by atoms with Crippen molar-refractivity contribution in [3.05, 3.63) is 6.20 Å². The molecule has 7 nitrogen and oxygen atoms in total. The van der Waals surface area contributed by atoms with Gasteiger partial charge in [-0.05, 0) is 6.54 Å². The van der Waals surface area contributed by atoms with Crippen LogP contribution in [0.3, 0.4) is 0 Å². The molecule has 2 fully saturated rings. The zero-order valence-electron chi connectivity index (χ0n) is 12.0. The first-order valence-electron chi connectivity index (χ1n) is 7.36. The molecule has 0 atom stereocenters. The molecule has 0 amide bonds. The Hall–Kier alpha value is -1.47. The third kappa shape index (κ3) is 2.99. The van der Waals surface area contributed by atoms with Crippen LogP contribution in [0, 0.1) is 0 Å². The molecule has 3 heterocycles. The number of hydrogen-bond acceptors (Lipinski definition) is 7. The molecule has 2 aliphatic heterocycles. The second-order valence-corrected chi connectivity index (χ2v) is 5.14. The normalized spacial score (nSPS) is 21.2. The number of aromatic nitrogens is 3. The second-order valence-electron chi connectivity index (χ2n) is 5.14. The van der Waals surface area contributed by atoms with Gasteiger partial charge in [0.1, 0.15) is 0 Å². The van der Waals surface area contributed by atoms with Gasteiger partial charge in [-0.15, -0.1) is 5.10 Å². The summed E-state index contributed by atoms with van der Waals surface area (Å²) < 4.78 is 5.37. The molecule has 0 bridgehead atoms. The predicted octanol–water partition coefficient (Wildman–Crippen LogP) is -0.150. The number of nitrogens with zero attached hydrogens (tertiary/aromatic N) is 6. The Morgan fingerprint density at radius 3 is 2.50 bits per heavy atom. The van der Waals surface area contributed by atoms with Crippen LogP contribution in [0.1, 0.15) is 6.92 Å². The fourth-order valence-electron chi connectivity index (χ4n) is 2.63. The monoisotopic (exact) mass is 278 g/mol. The van der Waals surface area contributed by atoms with Crippen molar-refractivity contribution in [2.45, 2.75) is 6.92 Å². The number of ether oxygens (including phenoxy) is 1. The number of piperazine rings is 1. The minimum Gasteiger partial charge on any atom is -0.378 e. The van der Waals surface area contributed by atoms with Crippen LogP contribution in [0.4, 0.5) is 11.8 Å². The minimum atomic E-state index is 0.754. The Labute approximate surface area is 119 Å². The lowest BCUT2D eigenvalue weighted by Crippen LogP contribution is -2.47. The summed E-state index contributed by atoms with van der Waals surface area (Å²) in [6.45, 7) is 10.7. The van der Waals surface area contributed by atoms with Crippen molar-refractivity contribution in [1.29, 1.82) is 0 Å². The van der Waals surface area contributed by atoms with E-state index in [0.29, 0.717) is 0 Å². The minimum absolute atomic E-state index is 0.754. The van der Waals surface area contributed by atoms with Crippen molar-refractivity contribution in [1.82, 2.24) is 20.1 Å². The largest absolute Gasteiger partial charge is 0.378 e. The van der Waals surface area contributed by atoms with Gasteiger partial charge in [0.25, 0.3) is 0 Å². The van der Waals surface area contributed by atoms with Crippen molar-refractivity contribution >= 4 is 11.8 Å². The molecule has 0 aliphatic carbocycles. The quantitative estimate of drug-likeness (QED) is 0.762. The number of morpholine rings is 1. The van der Waals surface area contributed by atoms with Crippen LogP contribution in [0.15, 0.2) is 6.20 Å². The van der Waals surface area contributed by atoms with E-state index < -0.39 is 0 Å². The first-order valence-corrected chi connectivity index (χ1v) is 7.36. The van der Waals surface area contributed by atoms with Gasteiger partial charge in [0.2, 0.25) is 5.95 Å². The number of likely N-dealkylation sites (N-methyl/N-ethyl adjacent to an activating group) is 1. The second kappa shape index (κ2) is 6.32. The van der Waals surface area contributed by atoms with Gasteiger partial charge >= 0.3 is 0 Å². The molecule has 0 aromatic carbocycles. The van der Waals surface area contributed by atoms with E-state index in [1.54, 1.807) is 6.20 Å². The predicted molar refractivity (Wildman–Crippen MR) is 77.2 cm³/mol. The molecular formula is C13H22N6O. The maximum atomic E-state index is 5.37. The summed E-state index contributed by atoms with van der Waals surface area (Å²) in [5.74, 6) is 1.67. The van der Waals surface area contributed by atoms with Crippen LogP contribution < -0.4 is 9.80 Å². The smallest absolute Gasteiger partial charge is 0.247 e. The van der Waals surface area contributed by atoms with Gasteiger partial charge in [0, 0.05) is 39.3 Å². The Bertz CT molecular complexity index is 429. The maximum Gasteiger partial charge on any atom is 0.247 e. The zero-order valence-corrected chi connectivity index (χ0v) is 12.0. The van der Waals surface area contributed by atoms with Gasteiger partial charge in [-0.1, -0.05) is 6.92 Å². The molecule has 2 saturated heterocycles. The van der Waals surface area contributed by atoms with E-state index in [-0.39, 0.29) is 0 Å². The molecule has 7 heteroatoms. The Morgan fingerprint density at radius 1 is 1.05 bits per heavy atom. The van der Waals surface area contributed by atoms with Crippen molar-refractivity contribution in [2.75, 3.05) is 68.8 Å². The highest BCUT2D eigenvalue weighted by atomic mass is 16.5. The topological polar surface area (TPSA) is 57.6 Å². The van der Waals surface area contributed by atoms with E-state index in [9.17, 15) is 0 Å². The van der Waals surface area contributed by atoms with Crippen LogP contribution in [0.25, 0.3) is 0 Å². The van der Waals surface area contributed by atoms with Crippen LogP contribution in [0.2, 0.25) is 0 Å². The van der Waals surface area contributed by atoms with Crippen molar-refractivity contribution in [3.8, 4) is 0 Å². The molecule has 0 radical (unpaired) electrons. The molecule has 0 spiro atoms. The number of anilines is 2. The lowest BCUT2D eigenvalue weighted by atomic mass is 10.3. The van der Waals surface area contributed by atoms with Crippen LogP contribution in [-0.4, -0.2) is 79.1 Å². The summed E-state index contributed by atoms with van der Waals surface area (Å²) in [5.41, 5.74) is 0. The highest BCUT2D eigenvalue weighted by Crippen LogP contribution is 2.16. The van der Waals surface area contributed by atoms with Gasteiger partial charge in [0.15, 0.2) is 5.82 Å². The summed E-state index contributed by atoms with van der Waals surface area (Å²) in [6, 6.07) is 0. The summed E-state index contributed by atoms with van der Waals surface area (Å²) in [4.78, 5) is 11.6. The average molecular weight is 278 g/mol. The molecule has 110 valence electrons. The maximum absolute atomic E-state index is 5.37. The first kappa shape index (κ1) is 13.5.